The van der Waals surface area contributed by atoms with Gasteiger partial charge in [-0.15, -0.1) is 0 Å². The fourth-order valence-corrected chi connectivity index (χ4v) is 5.29. The molecule has 0 unspecified atom stereocenters. The summed E-state index contributed by atoms with van der Waals surface area (Å²) in [4.78, 5) is 28.1. The van der Waals surface area contributed by atoms with Gasteiger partial charge in [-0.05, 0) is 69.7 Å². The molecule has 3 aromatic rings. The van der Waals surface area contributed by atoms with E-state index in [1.807, 2.05) is 20.8 Å². The molecule has 1 N–H and O–H groups in total. The average Bonchev–Trinajstić information content (AvgIpc) is 2.87. The van der Waals surface area contributed by atoms with Crippen LogP contribution in [0.15, 0.2) is 83.8 Å². The lowest BCUT2D eigenvalue weighted by Gasteiger charge is -2.32. The average molecular weight is 542 g/mol. The molecule has 0 fully saturated rings. The summed E-state index contributed by atoms with van der Waals surface area (Å²) in [5, 5.41) is 3.38. The second-order valence-corrected chi connectivity index (χ2v) is 11.4. The molecule has 0 spiro atoms. The van der Waals surface area contributed by atoms with E-state index in [-0.39, 0.29) is 23.4 Å². The van der Waals surface area contributed by atoms with Gasteiger partial charge >= 0.3 is 0 Å². The highest BCUT2D eigenvalue weighted by Gasteiger charge is 2.32. The van der Waals surface area contributed by atoms with E-state index in [0.717, 1.165) is 15.4 Å². The molecule has 196 valence electrons. The van der Waals surface area contributed by atoms with Crippen LogP contribution in [-0.4, -0.2) is 43.8 Å². The van der Waals surface area contributed by atoms with Crippen molar-refractivity contribution in [1.29, 1.82) is 0 Å². The molecule has 0 heterocycles. The van der Waals surface area contributed by atoms with Crippen molar-refractivity contribution in [2.75, 3.05) is 10.8 Å². The Morgan fingerprint density at radius 1 is 0.892 bits per heavy atom. The van der Waals surface area contributed by atoms with E-state index >= 15 is 0 Å². The topological polar surface area (TPSA) is 86.8 Å². The molecule has 0 saturated heterocycles. The van der Waals surface area contributed by atoms with Crippen molar-refractivity contribution in [3.63, 3.8) is 0 Å². The molecule has 0 aliphatic rings. The van der Waals surface area contributed by atoms with Crippen LogP contribution >= 0.6 is 11.6 Å². The Morgan fingerprint density at radius 2 is 1.49 bits per heavy atom. The molecule has 0 saturated carbocycles. The molecule has 0 aromatic heterocycles. The number of carbonyl (C=O) groups is 2. The van der Waals surface area contributed by atoms with E-state index in [4.69, 9.17) is 11.6 Å². The molecule has 3 aromatic carbocycles. The van der Waals surface area contributed by atoms with Crippen molar-refractivity contribution < 1.29 is 18.0 Å². The zero-order valence-electron chi connectivity index (χ0n) is 21.4. The van der Waals surface area contributed by atoms with Gasteiger partial charge < -0.3 is 10.2 Å². The molecule has 3 rings (SSSR count). The van der Waals surface area contributed by atoms with E-state index in [2.05, 4.69) is 5.32 Å². The number of aryl methyl sites for hydroxylation is 1. The number of hydrogen-bond acceptors (Lipinski definition) is 4. The second-order valence-electron chi connectivity index (χ2n) is 9.15. The Hall–Kier alpha value is -3.36. The Bertz CT molecular complexity index is 1310. The third-order valence-corrected chi connectivity index (χ3v) is 7.84. The number of nitrogens with zero attached hydrogens (tertiary/aromatic N) is 2. The van der Waals surface area contributed by atoms with Crippen LogP contribution in [0.4, 0.5) is 5.69 Å². The van der Waals surface area contributed by atoms with Gasteiger partial charge in [0.1, 0.15) is 12.6 Å². The number of hydrogen-bond donors (Lipinski definition) is 1. The zero-order valence-corrected chi connectivity index (χ0v) is 23.0. The predicted molar refractivity (Wildman–Crippen MR) is 147 cm³/mol. The maximum absolute atomic E-state index is 13.8. The monoisotopic (exact) mass is 541 g/mol. The van der Waals surface area contributed by atoms with Gasteiger partial charge in [0, 0.05) is 17.6 Å². The summed E-state index contributed by atoms with van der Waals surface area (Å²) in [6.45, 7) is 6.83. The van der Waals surface area contributed by atoms with Crippen LogP contribution in [0.2, 0.25) is 5.02 Å². The molecule has 0 aliphatic carbocycles. The summed E-state index contributed by atoms with van der Waals surface area (Å²) in [6, 6.07) is 20.9. The Morgan fingerprint density at radius 3 is 2.05 bits per heavy atom. The van der Waals surface area contributed by atoms with Gasteiger partial charge in [0.2, 0.25) is 11.8 Å². The molecule has 37 heavy (non-hydrogen) atoms. The van der Waals surface area contributed by atoms with E-state index in [1.165, 1.54) is 17.0 Å². The fourth-order valence-electron chi connectivity index (χ4n) is 3.73. The molecule has 7 nitrogen and oxygen atoms in total. The number of carbonyl (C=O) groups excluding carboxylic acids is 2. The van der Waals surface area contributed by atoms with Crippen LogP contribution in [0, 0.1) is 6.92 Å². The first-order chi connectivity index (χ1) is 17.5. The minimum atomic E-state index is -4.07. The highest BCUT2D eigenvalue weighted by atomic mass is 35.5. The third kappa shape index (κ3) is 7.33. The summed E-state index contributed by atoms with van der Waals surface area (Å²) in [6.07, 6.45) is 0. The van der Waals surface area contributed by atoms with Crippen LogP contribution in [0.5, 0.6) is 0 Å². The van der Waals surface area contributed by atoms with Crippen molar-refractivity contribution in [3.05, 3.63) is 95.0 Å². The highest BCUT2D eigenvalue weighted by Crippen LogP contribution is 2.25. The summed E-state index contributed by atoms with van der Waals surface area (Å²) in [5.74, 6) is -0.841. The maximum Gasteiger partial charge on any atom is 0.264 e. The quantitative estimate of drug-likeness (QED) is 0.400. The van der Waals surface area contributed by atoms with Crippen LogP contribution in [0.25, 0.3) is 0 Å². The lowest BCUT2D eigenvalue weighted by Crippen LogP contribution is -2.52. The van der Waals surface area contributed by atoms with Crippen LogP contribution in [0.1, 0.15) is 31.9 Å². The van der Waals surface area contributed by atoms with E-state index < -0.39 is 28.5 Å². The van der Waals surface area contributed by atoms with Crippen molar-refractivity contribution in [2.45, 2.75) is 51.2 Å². The zero-order chi connectivity index (χ0) is 27.2. The lowest BCUT2D eigenvalue weighted by atomic mass is 10.1. The first-order valence-electron chi connectivity index (χ1n) is 12.0. The van der Waals surface area contributed by atoms with Gasteiger partial charge in [0.15, 0.2) is 0 Å². The minimum absolute atomic E-state index is 0.0678. The molecule has 9 heteroatoms. The molecule has 1 atom stereocenters. The van der Waals surface area contributed by atoms with Crippen molar-refractivity contribution >= 4 is 39.1 Å². The van der Waals surface area contributed by atoms with Gasteiger partial charge in [-0.1, -0.05) is 59.6 Å². The van der Waals surface area contributed by atoms with Crippen molar-refractivity contribution in [1.82, 2.24) is 10.2 Å². The van der Waals surface area contributed by atoms with Gasteiger partial charge in [0.25, 0.3) is 10.0 Å². The number of benzene rings is 3. The first-order valence-corrected chi connectivity index (χ1v) is 13.8. The number of rotatable bonds is 10. The van der Waals surface area contributed by atoms with Crippen LogP contribution in [-0.2, 0) is 26.2 Å². The largest absolute Gasteiger partial charge is 0.352 e. The summed E-state index contributed by atoms with van der Waals surface area (Å²) < 4.78 is 28.5. The number of anilines is 1. The Balaban J connectivity index is 2.00. The third-order valence-electron chi connectivity index (χ3n) is 5.80. The van der Waals surface area contributed by atoms with Crippen molar-refractivity contribution in [3.8, 4) is 0 Å². The maximum atomic E-state index is 13.8. The van der Waals surface area contributed by atoms with Crippen LogP contribution < -0.4 is 9.62 Å². The summed E-state index contributed by atoms with van der Waals surface area (Å²) in [7, 11) is -4.07. The number of sulfonamides is 1. The highest BCUT2D eigenvalue weighted by molar-refractivity contribution is 7.92. The van der Waals surface area contributed by atoms with Gasteiger partial charge in [0.05, 0.1) is 10.6 Å². The molecular weight excluding hydrogens is 510 g/mol. The van der Waals surface area contributed by atoms with Gasteiger partial charge in [-0.2, -0.15) is 0 Å². The molecule has 0 radical (unpaired) electrons. The standard InChI is InChI=1S/C28H32ClN3O4S/c1-20(2)30-28(34)22(4)31(18-23-12-14-24(29)15-13-23)27(33)19-32(25-16-10-21(3)11-17-25)37(35,36)26-8-6-5-7-9-26/h5-17,20,22H,18-19H2,1-4H3,(H,30,34)/t22-/m0/s1. The minimum Gasteiger partial charge on any atom is -0.352 e. The van der Waals surface area contributed by atoms with E-state index in [1.54, 1.807) is 73.7 Å². The predicted octanol–water partition coefficient (Wildman–Crippen LogP) is 4.79. The number of amides is 2. The number of nitrogens with one attached hydrogen (secondary N) is 1. The summed E-state index contributed by atoms with van der Waals surface area (Å²) >= 11 is 6.02. The Kier molecular flexibility index (Phi) is 9.34. The number of halogens is 1. The first kappa shape index (κ1) is 28.2. The normalized spacial score (nSPS) is 12.2. The summed E-state index contributed by atoms with van der Waals surface area (Å²) in [5.41, 5.74) is 2.07. The smallest absolute Gasteiger partial charge is 0.264 e. The molecule has 2 amide bonds. The van der Waals surface area contributed by atoms with E-state index in [9.17, 15) is 18.0 Å². The Labute approximate surface area is 224 Å². The van der Waals surface area contributed by atoms with Crippen LogP contribution in [0.3, 0.4) is 0 Å². The second kappa shape index (κ2) is 12.3. The molecular formula is C28H32ClN3O4S. The molecule has 0 aliphatic heterocycles. The van der Waals surface area contributed by atoms with Gasteiger partial charge in [-0.25, -0.2) is 8.42 Å². The van der Waals surface area contributed by atoms with Gasteiger partial charge in [-0.3, -0.25) is 13.9 Å². The van der Waals surface area contributed by atoms with E-state index in [0.29, 0.717) is 10.7 Å². The fraction of sp³-hybridized carbons (Fsp3) is 0.286. The van der Waals surface area contributed by atoms with Crippen molar-refractivity contribution in [2.24, 2.45) is 0 Å². The SMILES string of the molecule is Cc1ccc(N(CC(=O)N(Cc2ccc(Cl)cc2)[C@@H](C)C(=O)NC(C)C)S(=O)(=O)c2ccccc2)cc1. The lowest BCUT2D eigenvalue weighted by molar-refractivity contribution is -0.139. The molecule has 0 bridgehead atoms.